The van der Waals surface area contributed by atoms with E-state index in [0.717, 1.165) is 29.0 Å². The smallest absolute Gasteiger partial charge is 0.321 e. The van der Waals surface area contributed by atoms with Gasteiger partial charge in [0.05, 0.1) is 6.61 Å². The van der Waals surface area contributed by atoms with Gasteiger partial charge in [0.15, 0.2) is 0 Å². The minimum Gasteiger partial charge on any atom is -0.494 e. The molecule has 5 heteroatoms. The fraction of sp³-hybridized carbons (Fsp3) is 0.409. The molecule has 146 valence electrons. The molecule has 0 spiro atoms. The van der Waals surface area contributed by atoms with E-state index in [0.29, 0.717) is 18.4 Å². The number of nitrogens with zero attached hydrogens (tertiary/aromatic N) is 1. The van der Waals surface area contributed by atoms with Crippen LogP contribution >= 0.6 is 11.8 Å². The van der Waals surface area contributed by atoms with Gasteiger partial charge in [0.2, 0.25) is 0 Å². The van der Waals surface area contributed by atoms with E-state index in [1.165, 1.54) is 4.90 Å². The fourth-order valence-corrected chi connectivity index (χ4v) is 3.60. The zero-order valence-corrected chi connectivity index (χ0v) is 17.7. The molecule has 2 rings (SSSR count). The third kappa shape index (κ3) is 6.51. The van der Waals surface area contributed by atoms with Crippen molar-refractivity contribution in [3.8, 4) is 5.75 Å². The van der Waals surface area contributed by atoms with Crippen LogP contribution in [0.1, 0.15) is 38.3 Å². The number of benzene rings is 2. The monoisotopic (exact) mass is 386 g/mol. The van der Waals surface area contributed by atoms with Crippen molar-refractivity contribution in [1.82, 2.24) is 4.90 Å². The van der Waals surface area contributed by atoms with Gasteiger partial charge in [-0.15, -0.1) is 11.8 Å². The van der Waals surface area contributed by atoms with Crippen LogP contribution in [0.4, 0.5) is 10.5 Å². The van der Waals surface area contributed by atoms with Gasteiger partial charge in [0.25, 0.3) is 0 Å². The van der Waals surface area contributed by atoms with Gasteiger partial charge in [0.1, 0.15) is 5.75 Å². The van der Waals surface area contributed by atoms with Crippen molar-refractivity contribution in [2.45, 2.75) is 50.8 Å². The van der Waals surface area contributed by atoms with Crippen molar-refractivity contribution in [3.05, 3.63) is 53.6 Å². The molecule has 2 amide bonds. The molecular weight excluding hydrogens is 356 g/mol. The zero-order chi connectivity index (χ0) is 19.8. The van der Waals surface area contributed by atoms with Crippen molar-refractivity contribution in [2.24, 2.45) is 0 Å². The summed E-state index contributed by atoms with van der Waals surface area (Å²) < 4.78 is 5.45. The van der Waals surface area contributed by atoms with Crippen molar-refractivity contribution in [3.63, 3.8) is 0 Å². The summed E-state index contributed by atoms with van der Waals surface area (Å²) in [5.74, 6) is 0.847. The van der Waals surface area contributed by atoms with Gasteiger partial charge < -0.3 is 15.0 Å². The largest absolute Gasteiger partial charge is 0.494 e. The zero-order valence-electron chi connectivity index (χ0n) is 16.9. The Hall–Kier alpha value is -2.14. The molecule has 0 radical (unpaired) electrons. The molecule has 0 saturated heterocycles. The van der Waals surface area contributed by atoms with E-state index in [4.69, 9.17) is 4.74 Å². The first-order chi connectivity index (χ1) is 12.9. The number of hydrogen-bond donors (Lipinski definition) is 1. The number of anilines is 1. The SMILES string of the molecule is CCOc1ccc(CN(C)C(=O)Nc2ccc(SC(C)CC)cc2C)cc1. The van der Waals surface area contributed by atoms with Crippen LogP contribution in [-0.4, -0.2) is 29.8 Å². The molecule has 1 unspecified atom stereocenters. The highest BCUT2D eigenvalue weighted by molar-refractivity contribution is 7.99. The standard InChI is InChI=1S/C22H30N2O2S/c1-6-17(4)27-20-12-13-21(16(3)14-20)23-22(25)24(5)15-18-8-10-19(11-9-18)26-7-2/h8-14,17H,6-7,15H2,1-5H3,(H,23,25). The Kier molecular flexibility index (Phi) is 8.04. The Morgan fingerprint density at radius 2 is 1.89 bits per heavy atom. The molecule has 2 aromatic carbocycles. The predicted octanol–water partition coefficient (Wildman–Crippen LogP) is 5.95. The van der Waals surface area contributed by atoms with E-state index in [9.17, 15) is 4.79 Å². The Morgan fingerprint density at radius 1 is 1.19 bits per heavy atom. The van der Waals surface area contributed by atoms with E-state index in [1.807, 2.05) is 55.9 Å². The molecule has 27 heavy (non-hydrogen) atoms. The maximum Gasteiger partial charge on any atom is 0.321 e. The van der Waals surface area contributed by atoms with Gasteiger partial charge in [-0.3, -0.25) is 0 Å². The molecule has 1 N–H and O–H groups in total. The summed E-state index contributed by atoms with van der Waals surface area (Å²) in [6.45, 7) is 9.60. The highest BCUT2D eigenvalue weighted by Crippen LogP contribution is 2.28. The maximum atomic E-state index is 12.5. The van der Waals surface area contributed by atoms with Gasteiger partial charge in [-0.1, -0.05) is 26.0 Å². The van der Waals surface area contributed by atoms with E-state index in [-0.39, 0.29) is 6.03 Å². The van der Waals surface area contributed by atoms with Crippen LogP contribution in [0.25, 0.3) is 0 Å². The molecule has 0 bridgehead atoms. The van der Waals surface area contributed by atoms with Crippen LogP contribution < -0.4 is 10.1 Å². The van der Waals surface area contributed by atoms with E-state index in [2.05, 4.69) is 31.3 Å². The van der Waals surface area contributed by atoms with E-state index in [1.54, 1.807) is 11.9 Å². The lowest BCUT2D eigenvalue weighted by Gasteiger charge is -2.19. The lowest BCUT2D eigenvalue weighted by Crippen LogP contribution is -2.31. The highest BCUT2D eigenvalue weighted by Gasteiger charge is 2.12. The first-order valence-corrected chi connectivity index (χ1v) is 10.3. The topological polar surface area (TPSA) is 41.6 Å². The number of thioether (sulfide) groups is 1. The average Bonchev–Trinajstić information content (AvgIpc) is 2.65. The molecule has 0 fully saturated rings. The number of carbonyl (C=O) groups excluding carboxylic acids is 1. The minimum absolute atomic E-state index is 0.116. The second kappa shape index (κ2) is 10.3. The number of hydrogen-bond acceptors (Lipinski definition) is 3. The summed E-state index contributed by atoms with van der Waals surface area (Å²) in [5.41, 5.74) is 2.99. The van der Waals surface area contributed by atoms with Crippen LogP contribution in [0.2, 0.25) is 0 Å². The number of rotatable bonds is 8. The third-order valence-electron chi connectivity index (χ3n) is 4.35. The lowest BCUT2D eigenvalue weighted by molar-refractivity contribution is 0.220. The van der Waals surface area contributed by atoms with Gasteiger partial charge in [-0.2, -0.15) is 0 Å². The summed E-state index contributed by atoms with van der Waals surface area (Å²) in [5, 5.41) is 3.60. The number of amides is 2. The number of urea groups is 1. The first-order valence-electron chi connectivity index (χ1n) is 9.44. The highest BCUT2D eigenvalue weighted by atomic mass is 32.2. The molecule has 0 aliphatic heterocycles. The maximum absolute atomic E-state index is 12.5. The Morgan fingerprint density at radius 3 is 2.48 bits per heavy atom. The average molecular weight is 387 g/mol. The van der Waals surface area contributed by atoms with Crippen LogP contribution in [0.15, 0.2) is 47.4 Å². The molecule has 0 heterocycles. The molecule has 0 aliphatic carbocycles. The van der Waals surface area contributed by atoms with Gasteiger partial charge in [-0.25, -0.2) is 4.79 Å². The normalized spacial score (nSPS) is 11.7. The van der Waals surface area contributed by atoms with Crippen molar-refractivity contribution < 1.29 is 9.53 Å². The fourth-order valence-electron chi connectivity index (χ4n) is 2.58. The van der Waals surface area contributed by atoms with Gasteiger partial charge >= 0.3 is 6.03 Å². The first kappa shape index (κ1) is 21.2. The third-order valence-corrected chi connectivity index (χ3v) is 5.61. The number of carbonyl (C=O) groups is 1. The van der Waals surface area contributed by atoms with Crippen molar-refractivity contribution in [2.75, 3.05) is 19.0 Å². The minimum atomic E-state index is -0.116. The van der Waals surface area contributed by atoms with Gasteiger partial charge in [0, 0.05) is 29.4 Å². The van der Waals surface area contributed by atoms with Crippen molar-refractivity contribution >= 4 is 23.5 Å². The number of nitrogens with one attached hydrogen (secondary N) is 1. The van der Waals surface area contributed by atoms with Crippen LogP contribution in [-0.2, 0) is 6.54 Å². The molecule has 1 atom stereocenters. The molecule has 0 aromatic heterocycles. The lowest BCUT2D eigenvalue weighted by atomic mass is 10.2. The van der Waals surface area contributed by atoms with E-state index < -0.39 is 0 Å². The molecule has 0 saturated carbocycles. The summed E-state index contributed by atoms with van der Waals surface area (Å²) >= 11 is 1.86. The van der Waals surface area contributed by atoms with Crippen LogP contribution in [0.5, 0.6) is 5.75 Å². The second-order valence-corrected chi connectivity index (χ2v) is 8.19. The number of ether oxygens (including phenoxy) is 1. The summed E-state index contributed by atoms with van der Waals surface area (Å²) in [7, 11) is 1.80. The quantitative estimate of drug-likeness (QED) is 0.570. The Labute approximate surface area is 167 Å². The molecule has 0 aliphatic rings. The summed E-state index contributed by atoms with van der Waals surface area (Å²) in [6.07, 6.45) is 1.14. The van der Waals surface area contributed by atoms with E-state index >= 15 is 0 Å². The second-order valence-electron chi connectivity index (χ2n) is 6.68. The summed E-state index contributed by atoms with van der Waals surface area (Å²) in [6, 6.07) is 13.9. The number of aryl methyl sites for hydroxylation is 1. The van der Waals surface area contributed by atoms with Crippen molar-refractivity contribution in [1.29, 1.82) is 0 Å². The Bertz CT molecular complexity index is 746. The van der Waals surface area contributed by atoms with Crippen LogP contribution in [0, 0.1) is 6.92 Å². The predicted molar refractivity (Wildman–Crippen MR) is 115 cm³/mol. The van der Waals surface area contributed by atoms with Crippen LogP contribution in [0.3, 0.4) is 0 Å². The molecular formula is C22H30N2O2S. The molecule has 4 nitrogen and oxygen atoms in total. The van der Waals surface area contributed by atoms with Gasteiger partial charge in [-0.05, 0) is 61.7 Å². The Balaban J connectivity index is 1.95. The molecule has 2 aromatic rings. The summed E-state index contributed by atoms with van der Waals surface area (Å²) in [4.78, 5) is 15.4.